The largest absolute Gasteiger partial charge is 0.459 e. The van der Waals surface area contributed by atoms with Crippen LogP contribution in [0.5, 0.6) is 0 Å². The molecule has 1 aromatic heterocycles. The van der Waals surface area contributed by atoms with Gasteiger partial charge in [-0.1, -0.05) is 0 Å². The molecule has 1 N–H and O–H groups in total. The molecule has 7 heteroatoms. The van der Waals surface area contributed by atoms with E-state index in [0.29, 0.717) is 22.9 Å². The Bertz CT molecular complexity index is 750. The summed E-state index contributed by atoms with van der Waals surface area (Å²) in [6.07, 6.45) is 1.43. The van der Waals surface area contributed by atoms with Crippen molar-refractivity contribution in [3.8, 4) is 6.07 Å². The molecule has 6 nitrogen and oxygen atoms in total. The summed E-state index contributed by atoms with van der Waals surface area (Å²) in [4.78, 5) is 26.3. The number of furan rings is 1. The monoisotopic (exact) mass is 327 g/mol. The van der Waals surface area contributed by atoms with Gasteiger partial charge >= 0.3 is 0 Å². The normalized spacial score (nSPS) is 16.8. The molecule has 2 amide bonds. The zero-order valence-corrected chi connectivity index (χ0v) is 12.9. The average molecular weight is 327 g/mol. The van der Waals surface area contributed by atoms with E-state index < -0.39 is 6.04 Å². The van der Waals surface area contributed by atoms with Crippen molar-refractivity contribution < 1.29 is 14.0 Å². The first-order chi connectivity index (χ1) is 11.2. The highest BCUT2D eigenvalue weighted by atomic mass is 32.2. The van der Waals surface area contributed by atoms with Crippen LogP contribution in [0, 0.1) is 11.3 Å². The Hall–Kier alpha value is -2.72. The van der Waals surface area contributed by atoms with Gasteiger partial charge in [0.25, 0.3) is 5.91 Å². The lowest BCUT2D eigenvalue weighted by atomic mass is 10.2. The summed E-state index contributed by atoms with van der Waals surface area (Å²) in [5.41, 5.74) is 1.12. The number of rotatable bonds is 3. The van der Waals surface area contributed by atoms with E-state index in [2.05, 4.69) is 5.32 Å². The summed E-state index contributed by atoms with van der Waals surface area (Å²) in [5.74, 6) is 0.669. The number of nitrogens with one attached hydrogen (secondary N) is 1. The van der Waals surface area contributed by atoms with Crippen molar-refractivity contribution in [2.75, 3.05) is 16.9 Å². The summed E-state index contributed by atoms with van der Waals surface area (Å²) in [5, 5.41) is 11.6. The highest BCUT2D eigenvalue weighted by Crippen LogP contribution is 2.24. The Morgan fingerprint density at radius 3 is 2.74 bits per heavy atom. The molecule has 1 atom stereocenters. The average Bonchev–Trinajstić information content (AvgIpc) is 3.26. The standard InChI is InChI=1S/C16H13N3O3S/c17-8-11-3-5-12(6-4-11)18-15(20)13-9-23-10-19(13)16(21)14-2-1-7-22-14/h1-7,13H,9-10H2,(H,18,20)/t13-/m1/s1. The van der Waals surface area contributed by atoms with Crippen LogP contribution in [0.2, 0.25) is 0 Å². The molecule has 1 fully saturated rings. The summed E-state index contributed by atoms with van der Waals surface area (Å²) in [6.45, 7) is 0. The molecule has 0 aliphatic carbocycles. The quantitative estimate of drug-likeness (QED) is 0.935. The van der Waals surface area contributed by atoms with E-state index >= 15 is 0 Å². The molecule has 23 heavy (non-hydrogen) atoms. The Morgan fingerprint density at radius 1 is 1.30 bits per heavy atom. The second kappa shape index (κ2) is 6.58. The van der Waals surface area contributed by atoms with Crippen LogP contribution >= 0.6 is 11.8 Å². The summed E-state index contributed by atoms with van der Waals surface area (Å²) in [7, 11) is 0. The van der Waals surface area contributed by atoms with Crippen LogP contribution in [0.1, 0.15) is 16.1 Å². The van der Waals surface area contributed by atoms with Gasteiger partial charge in [-0.2, -0.15) is 5.26 Å². The molecule has 1 aliphatic rings. The molecule has 0 saturated carbocycles. The fourth-order valence-electron chi connectivity index (χ4n) is 2.26. The van der Waals surface area contributed by atoms with Gasteiger partial charge in [-0.15, -0.1) is 11.8 Å². The zero-order valence-electron chi connectivity index (χ0n) is 12.1. The smallest absolute Gasteiger partial charge is 0.290 e. The molecule has 1 aromatic carbocycles. The van der Waals surface area contributed by atoms with Crippen molar-refractivity contribution in [2.45, 2.75) is 6.04 Å². The SMILES string of the molecule is N#Cc1ccc(NC(=O)[C@H]2CSCN2C(=O)c2ccco2)cc1. The van der Waals surface area contributed by atoms with E-state index in [0.717, 1.165) is 0 Å². The van der Waals surface area contributed by atoms with Crippen molar-refractivity contribution in [1.29, 1.82) is 5.26 Å². The van der Waals surface area contributed by atoms with Gasteiger partial charge in [-0.25, -0.2) is 0 Å². The third-order valence-corrected chi connectivity index (χ3v) is 4.47. The molecule has 1 aliphatic heterocycles. The van der Waals surface area contributed by atoms with Crippen molar-refractivity contribution in [2.24, 2.45) is 0 Å². The highest BCUT2D eigenvalue weighted by Gasteiger charge is 2.36. The Morgan fingerprint density at radius 2 is 2.09 bits per heavy atom. The Balaban J connectivity index is 1.70. The number of nitriles is 1. The Kier molecular flexibility index (Phi) is 4.35. The molecular formula is C16H13N3O3S. The van der Waals surface area contributed by atoms with Crippen LogP contribution in [0.3, 0.4) is 0 Å². The van der Waals surface area contributed by atoms with E-state index in [1.54, 1.807) is 36.4 Å². The van der Waals surface area contributed by atoms with Gasteiger partial charge in [0.1, 0.15) is 6.04 Å². The van der Waals surface area contributed by atoms with Crippen molar-refractivity contribution in [1.82, 2.24) is 4.90 Å². The van der Waals surface area contributed by atoms with Crippen LogP contribution in [-0.2, 0) is 4.79 Å². The maximum absolute atomic E-state index is 12.4. The molecule has 2 heterocycles. The van der Waals surface area contributed by atoms with E-state index in [4.69, 9.17) is 9.68 Å². The minimum absolute atomic E-state index is 0.226. The molecule has 0 radical (unpaired) electrons. The van der Waals surface area contributed by atoms with E-state index in [-0.39, 0.29) is 17.6 Å². The van der Waals surface area contributed by atoms with Gasteiger partial charge in [0.05, 0.1) is 23.8 Å². The first kappa shape index (κ1) is 15.2. The minimum Gasteiger partial charge on any atom is -0.459 e. The number of amides is 2. The van der Waals surface area contributed by atoms with E-state index in [9.17, 15) is 9.59 Å². The van der Waals surface area contributed by atoms with Crippen LogP contribution in [-0.4, -0.2) is 34.4 Å². The number of hydrogen-bond acceptors (Lipinski definition) is 5. The number of nitrogens with zero attached hydrogens (tertiary/aromatic N) is 2. The topological polar surface area (TPSA) is 86.3 Å². The molecule has 116 valence electrons. The number of thioether (sulfide) groups is 1. The molecule has 1 saturated heterocycles. The fraction of sp³-hybridized carbons (Fsp3) is 0.188. The molecule has 0 unspecified atom stereocenters. The van der Waals surface area contributed by atoms with E-state index in [1.165, 1.54) is 22.9 Å². The number of carbonyl (C=O) groups excluding carboxylic acids is 2. The van der Waals surface area contributed by atoms with E-state index in [1.807, 2.05) is 6.07 Å². The van der Waals surface area contributed by atoms with Gasteiger partial charge in [0, 0.05) is 11.4 Å². The van der Waals surface area contributed by atoms with Gasteiger partial charge < -0.3 is 14.6 Å². The van der Waals surface area contributed by atoms with Crippen molar-refractivity contribution >= 4 is 29.3 Å². The maximum Gasteiger partial charge on any atom is 0.290 e. The third-order valence-electron chi connectivity index (χ3n) is 3.46. The second-order valence-electron chi connectivity index (χ2n) is 4.95. The number of benzene rings is 1. The van der Waals surface area contributed by atoms with Crippen LogP contribution in [0.15, 0.2) is 47.1 Å². The Labute approximate surface area is 137 Å². The lowest BCUT2D eigenvalue weighted by Crippen LogP contribution is -2.44. The third kappa shape index (κ3) is 3.22. The van der Waals surface area contributed by atoms with Gasteiger partial charge in [-0.3, -0.25) is 9.59 Å². The second-order valence-corrected chi connectivity index (χ2v) is 5.95. The molecule has 0 spiro atoms. The number of anilines is 1. The van der Waals surface area contributed by atoms with Crippen molar-refractivity contribution in [3.63, 3.8) is 0 Å². The summed E-state index contributed by atoms with van der Waals surface area (Å²) in [6, 6.07) is 11.3. The fourth-order valence-corrected chi connectivity index (χ4v) is 3.41. The zero-order chi connectivity index (χ0) is 16.2. The van der Waals surface area contributed by atoms with Crippen LogP contribution in [0.4, 0.5) is 5.69 Å². The molecule has 3 rings (SSSR count). The van der Waals surface area contributed by atoms with Gasteiger partial charge in [0.15, 0.2) is 5.76 Å². The van der Waals surface area contributed by atoms with Crippen LogP contribution < -0.4 is 5.32 Å². The molecule has 2 aromatic rings. The minimum atomic E-state index is -0.548. The van der Waals surface area contributed by atoms with Crippen LogP contribution in [0.25, 0.3) is 0 Å². The van der Waals surface area contributed by atoms with Gasteiger partial charge in [-0.05, 0) is 36.4 Å². The molecule has 0 bridgehead atoms. The molecular weight excluding hydrogens is 314 g/mol. The first-order valence-electron chi connectivity index (χ1n) is 6.92. The first-order valence-corrected chi connectivity index (χ1v) is 8.08. The number of carbonyl (C=O) groups is 2. The summed E-state index contributed by atoms with van der Waals surface area (Å²) >= 11 is 1.52. The predicted molar refractivity (Wildman–Crippen MR) is 85.8 cm³/mol. The lowest BCUT2D eigenvalue weighted by Gasteiger charge is -2.22. The maximum atomic E-state index is 12.4. The summed E-state index contributed by atoms with van der Waals surface area (Å²) < 4.78 is 5.12. The van der Waals surface area contributed by atoms with Gasteiger partial charge in [0.2, 0.25) is 5.91 Å². The predicted octanol–water partition coefficient (Wildman–Crippen LogP) is 2.31. The number of hydrogen-bond donors (Lipinski definition) is 1. The van der Waals surface area contributed by atoms with Crippen molar-refractivity contribution in [3.05, 3.63) is 54.0 Å². The highest BCUT2D eigenvalue weighted by molar-refractivity contribution is 7.99. The lowest BCUT2D eigenvalue weighted by molar-refractivity contribution is -0.119.